The Morgan fingerprint density at radius 3 is 0.543 bits per heavy atom. The zero-order valence-corrected chi connectivity index (χ0v) is 31.4. The largest absolute Gasteiger partial charge is 0.286 e. The van der Waals surface area contributed by atoms with Crippen LogP contribution < -0.4 is 52.8 Å². The molecular formula is C32H60N10O2SZn. The summed E-state index contributed by atoms with van der Waals surface area (Å²) in [5, 5.41) is 42.0. The molecule has 0 amide bonds. The molecule has 12 N–H and O–H groups in total. The predicted molar refractivity (Wildman–Crippen MR) is 174 cm³/mol. The van der Waals surface area contributed by atoms with Crippen LogP contribution in [-0.4, -0.2) is 57.7 Å². The van der Waals surface area contributed by atoms with E-state index in [4.69, 9.17) is 0 Å². The molecule has 46 heavy (non-hydrogen) atoms. The number of hydrogen-bond acceptors (Lipinski definition) is 10. The van der Waals surface area contributed by atoms with Crippen LogP contribution in [0, 0.1) is 47.3 Å². The number of fused-ring (bicyclic) bond motifs is 20. The van der Waals surface area contributed by atoms with Crippen LogP contribution in [-0.2, 0) is 29.7 Å². The van der Waals surface area contributed by atoms with Crippen LogP contribution in [0.3, 0.4) is 0 Å². The summed E-state index contributed by atoms with van der Waals surface area (Å²) < 4.78 is 18.4. The second kappa shape index (κ2) is 14.4. The second-order valence-electron chi connectivity index (χ2n) is 16.2. The van der Waals surface area contributed by atoms with Crippen molar-refractivity contribution >= 4 is 10.2 Å². The molecule has 8 unspecified atom stereocenters. The fourth-order valence-corrected chi connectivity index (χ4v) is 12.0. The topological polar surface area (TPSA) is 182 Å². The van der Waals surface area contributed by atoms with Crippen molar-refractivity contribution in [3.05, 3.63) is 0 Å². The first-order valence-electron chi connectivity index (χ1n) is 18.7. The molecular weight excluding hydrogens is 654 g/mol. The van der Waals surface area contributed by atoms with Gasteiger partial charge in [-0.15, -0.1) is 0 Å². The van der Waals surface area contributed by atoms with Gasteiger partial charge in [-0.25, -0.2) is 10.3 Å². The van der Waals surface area contributed by atoms with E-state index in [1.165, 1.54) is 103 Å². The van der Waals surface area contributed by atoms with Crippen molar-refractivity contribution in [2.75, 3.05) is 0 Å². The fourth-order valence-electron chi connectivity index (χ4n) is 12.0. The van der Waals surface area contributed by atoms with E-state index in [2.05, 4.69) is 52.8 Å². The molecule has 12 nitrogen and oxygen atoms in total. The molecule has 0 aromatic rings. The van der Waals surface area contributed by atoms with Crippen LogP contribution in [0.2, 0.25) is 0 Å². The van der Waals surface area contributed by atoms with E-state index >= 15 is 0 Å². The van der Waals surface area contributed by atoms with Crippen LogP contribution in [0.4, 0.5) is 0 Å². The molecule has 5 heterocycles. The van der Waals surface area contributed by atoms with E-state index < -0.39 is 10.2 Å². The van der Waals surface area contributed by atoms with E-state index in [0.29, 0.717) is 49.3 Å². The van der Waals surface area contributed by atoms with Gasteiger partial charge in [0.1, 0.15) is 0 Å². The van der Waals surface area contributed by atoms with E-state index in [1.54, 1.807) is 0 Å². The Morgan fingerprint density at radius 2 is 0.435 bits per heavy atom. The third-order valence-electron chi connectivity index (χ3n) is 13.8. The molecule has 0 radical (unpaired) electrons. The van der Waals surface area contributed by atoms with Crippen LogP contribution >= 0.6 is 0 Å². The molecule has 8 atom stereocenters. The third-order valence-corrected chi connectivity index (χ3v) is 13.8. The minimum atomic E-state index is -3.67. The minimum absolute atomic E-state index is 0. The van der Waals surface area contributed by atoms with Gasteiger partial charge in [0, 0.05) is 19.5 Å². The molecule has 8 bridgehead atoms. The summed E-state index contributed by atoms with van der Waals surface area (Å²) in [6.07, 6.45) is 25.6. The standard InChI is InChI=1S/C32H56N8.H4N2O2S.Zn/c1-2-10-18-17(9-1)25-33-26(18)38-28-21-13-5-6-14-22(21)30(35-28)40-32-24-16-8-7-15-23(24)31(36-32)39-29-20-12-4-3-11-19(20)27(34-29)37-25;1-5(2,3)4;/h17-40H,1-16H2;(H4,1,2,3,4);. The van der Waals surface area contributed by atoms with Crippen molar-refractivity contribution in [3.8, 4) is 0 Å². The molecule has 4 saturated carbocycles. The maximum atomic E-state index is 9.19. The van der Waals surface area contributed by atoms with Gasteiger partial charge < -0.3 is 0 Å². The molecule has 5 aliphatic heterocycles. The molecule has 9 aliphatic rings. The van der Waals surface area contributed by atoms with Crippen LogP contribution in [0.5, 0.6) is 0 Å². The van der Waals surface area contributed by atoms with Crippen molar-refractivity contribution in [1.82, 2.24) is 42.5 Å². The van der Waals surface area contributed by atoms with Crippen molar-refractivity contribution in [2.24, 2.45) is 57.6 Å². The molecule has 14 heteroatoms. The van der Waals surface area contributed by atoms with Crippen molar-refractivity contribution in [2.45, 2.75) is 152 Å². The van der Waals surface area contributed by atoms with Gasteiger partial charge in [-0.05, 0) is 98.7 Å². The van der Waals surface area contributed by atoms with Gasteiger partial charge in [0.05, 0.1) is 49.3 Å². The first kappa shape index (κ1) is 34.6. The Balaban J connectivity index is 0.000000526. The molecule has 0 aromatic heterocycles. The van der Waals surface area contributed by atoms with E-state index in [-0.39, 0.29) is 19.5 Å². The summed E-state index contributed by atoms with van der Waals surface area (Å²) in [4.78, 5) is 0. The van der Waals surface area contributed by atoms with Crippen LogP contribution in [0.25, 0.3) is 0 Å². The van der Waals surface area contributed by atoms with Gasteiger partial charge in [-0.2, -0.15) is 8.42 Å². The summed E-state index contributed by atoms with van der Waals surface area (Å²) in [7, 11) is -3.67. The molecule has 5 saturated heterocycles. The number of hydrogen-bond donors (Lipinski definition) is 10. The van der Waals surface area contributed by atoms with Gasteiger partial charge in [-0.3, -0.25) is 42.5 Å². The van der Waals surface area contributed by atoms with Gasteiger partial charge in [0.2, 0.25) is 0 Å². The van der Waals surface area contributed by atoms with Gasteiger partial charge in [-0.1, -0.05) is 51.4 Å². The van der Waals surface area contributed by atoms with Crippen molar-refractivity contribution in [3.63, 3.8) is 0 Å². The molecule has 0 aromatic carbocycles. The van der Waals surface area contributed by atoms with E-state index in [0.717, 1.165) is 47.3 Å². The summed E-state index contributed by atoms with van der Waals surface area (Å²) in [5.41, 5.74) is 0. The Bertz CT molecular complexity index is 938. The minimum Gasteiger partial charge on any atom is -0.286 e. The van der Waals surface area contributed by atoms with Crippen molar-refractivity contribution in [1.29, 1.82) is 0 Å². The average Bonchev–Trinajstić information content (AvgIpc) is 3.76. The van der Waals surface area contributed by atoms with Crippen molar-refractivity contribution < 1.29 is 27.9 Å². The SMILES string of the molecule is C1CCC2C3NC(NC4NC(NC5NC(NC6NC(N3)C3CCCCC63)C3CCCCC53)C3CCCCC43)C2C1.NS(N)(=O)=O.[Zn]. The average molecular weight is 714 g/mol. The summed E-state index contributed by atoms with van der Waals surface area (Å²) in [6, 6.07) is 0. The number of nitrogens with two attached hydrogens (primary N) is 2. The quantitative estimate of drug-likeness (QED) is 0.161. The normalized spacial score (nSPS) is 51.3. The predicted octanol–water partition coefficient (Wildman–Crippen LogP) is 0.752. The second-order valence-corrected chi connectivity index (χ2v) is 17.4. The maximum Gasteiger partial charge on any atom is 0.271 e. The van der Waals surface area contributed by atoms with Crippen LogP contribution in [0.15, 0.2) is 0 Å². The zero-order chi connectivity index (χ0) is 30.7. The molecule has 258 valence electrons. The molecule has 9 fully saturated rings. The summed E-state index contributed by atoms with van der Waals surface area (Å²) in [6.45, 7) is 0. The number of nitrogens with one attached hydrogen (secondary N) is 8. The first-order chi connectivity index (χ1) is 21.8. The Morgan fingerprint density at radius 1 is 0.326 bits per heavy atom. The van der Waals surface area contributed by atoms with Gasteiger partial charge in [0.25, 0.3) is 10.2 Å². The third kappa shape index (κ3) is 7.04. The molecule has 9 rings (SSSR count). The molecule has 4 aliphatic carbocycles. The Hall–Kier alpha value is 0.173. The fraction of sp³-hybridized carbons (Fsp3) is 1.00. The van der Waals surface area contributed by atoms with Gasteiger partial charge in [0.15, 0.2) is 0 Å². The first-order valence-corrected chi connectivity index (χ1v) is 20.3. The maximum absolute atomic E-state index is 9.19. The van der Waals surface area contributed by atoms with Gasteiger partial charge >= 0.3 is 0 Å². The smallest absolute Gasteiger partial charge is 0.271 e. The number of rotatable bonds is 0. The zero-order valence-electron chi connectivity index (χ0n) is 27.6. The Kier molecular flexibility index (Phi) is 10.9. The van der Waals surface area contributed by atoms with E-state index in [9.17, 15) is 8.42 Å². The van der Waals surface area contributed by atoms with Crippen LogP contribution in [0.1, 0.15) is 103 Å². The summed E-state index contributed by atoms with van der Waals surface area (Å²) >= 11 is 0. The van der Waals surface area contributed by atoms with E-state index in [1.807, 2.05) is 0 Å². The molecule has 0 spiro atoms. The monoisotopic (exact) mass is 712 g/mol. The Labute approximate surface area is 289 Å². The summed E-state index contributed by atoms with van der Waals surface area (Å²) in [5.74, 6) is 5.97.